The average molecular weight is 613 g/mol. The lowest BCUT2D eigenvalue weighted by atomic mass is 9.99. The van der Waals surface area contributed by atoms with Crippen molar-refractivity contribution in [2.75, 3.05) is 0 Å². The van der Waals surface area contributed by atoms with Gasteiger partial charge in [-0.05, 0) is 107 Å². The monoisotopic (exact) mass is 612 g/mol. The zero-order chi connectivity index (χ0) is 32.8. The van der Waals surface area contributed by atoms with E-state index in [1.165, 1.54) is 0 Å². The molecule has 0 heterocycles. The zero-order valence-electron chi connectivity index (χ0n) is 27.6. The van der Waals surface area contributed by atoms with Crippen LogP contribution in [0, 0.1) is 0 Å². The molecule has 0 spiro atoms. The summed E-state index contributed by atoms with van der Waals surface area (Å²) in [5, 5.41) is 0. The summed E-state index contributed by atoms with van der Waals surface area (Å²) in [6, 6.07) is 0. The number of unbranched alkanes of at least 4 members (excludes halogenated alkanes) is 4. The molecule has 0 rings (SSSR count). The van der Waals surface area contributed by atoms with Gasteiger partial charge in [0.25, 0.3) is 0 Å². The molecule has 0 N–H and O–H groups in total. The fourth-order valence-corrected chi connectivity index (χ4v) is 4.28. The van der Waals surface area contributed by atoms with Gasteiger partial charge < -0.3 is 18.9 Å². The topological polar surface area (TPSA) is 105 Å². The van der Waals surface area contributed by atoms with Crippen LogP contribution in [0.5, 0.6) is 0 Å². The van der Waals surface area contributed by atoms with Crippen molar-refractivity contribution in [3.05, 3.63) is 24.3 Å². The van der Waals surface area contributed by atoms with E-state index in [0.29, 0.717) is 56.1 Å². The Morgan fingerprint density at radius 3 is 1.26 bits per heavy atom. The van der Waals surface area contributed by atoms with E-state index in [9.17, 15) is 19.2 Å². The summed E-state index contributed by atoms with van der Waals surface area (Å²) >= 11 is 4.54. The molecule has 242 valence electrons. The largest absolute Gasteiger partial charge is 0.460 e. The van der Waals surface area contributed by atoms with Crippen molar-refractivity contribution in [3.63, 3.8) is 0 Å². The van der Waals surface area contributed by atoms with Crippen LogP contribution >= 0.6 is 12.6 Å². The molecule has 0 radical (unpaired) electrons. The van der Waals surface area contributed by atoms with Gasteiger partial charge in [0.1, 0.15) is 16.8 Å². The van der Waals surface area contributed by atoms with Crippen LogP contribution in [0.3, 0.4) is 0 Å². The Morgan fingerprint density at radius 2 is 0.881 bits per heavy atom. The number of hydrogen-bond acceptors (Lipinski definition) is 9. The lowest BCUT2D eigenvalue weighted by molar-refractivity contribution is -0.160. The lowest BCUT2D eigenvalue weighted by Crippen LogP contribution is -2.33. The van der Waals surface area contributed by atoms with Crippen LogP contribution in [0.4, 0.5) is 0 Å². The molecule has 0 aromatic carbocycles. The van der Waals surface area contributed by atoms with E-state index in [2.05, 4.69) is 25.8 Å². The Bertz CT molecular complexity index is 870. The minimum absolute atomic E-state index is 0.272. The molecule has 0 saturated heterocycles. The van der Waals surface area contributed by atoms with E-state index in [4.69, 9.17) is 18.9 Å². The molecule has 0 aromatic rings. The lowest BCUT2D eigenvalue weighted by Gasteiger charge is -2.30. The van der Waals surface area contributed by atoms with Crippen molar-refractivity contribution in [1.82, 2.24) is 0 Å². The summed E-state index contributed by atoms with van der Waals surface area (Å²) in [7, 11) is 0. The van der Waals surface area contributed by atoms with Crippen molar-refractivity contribution >= 4 is 36.5 Å². The van der Waals surface area contributed by atoms with Crippen LogP contribution in [-0.2, 0) is 38.1 Å². The van der Waals surface area contributed by atoms with Gasteiger partial charge in [-0.2, -0.15) is 0 Å². The minimum Gasteiger partial charge on any atom is -0.460 e. The van der Waals surface area contributed by atoms with Crippen LogP contribution in [-0.4, -0.2) is 45.6 Å². The van der Waals surface area contributed by atoms with Crippen molar-refractivity contribution in [3.8, 4) is 0 Å². The van der Waals surface area contributed by atoms with Gasteiger partial charge in [0.05, 0.1) is 0 Å². The Morgan fingerprint density at radius 1 is 0.524 bits per heavy atom. The van der Waals surface area contributed by atoms with Gasteiger partial charge in [-0.15, -0.1) is 12.6 Å². The predicted octanol–water partition coefficient (Wildman–Crippen LogP) is 7.97. The van der Waals surface area contributed by atoms with Gasteiger partial charge in [-0.1, -0.05) is 26.0 Å². The highest BCUT2D eigenvalue weighted by Crippen LogP contribution is 2.29. The highest BCUT2D eigenvalue weighted by Gasteiger charge is 2.31. The first-order valence-corrected chi connectivity index (χ1v) is 15.4. The van der Waals surface area contributed by atoms with E-state index in [1.807, 2.05) is 41.5 Å². The number of hydrogen-bond donors (Lipinski definition) is 1. The summed E-state index contributed by atoms with van der Waals surface area (Å²) in [5.74, 6) is -1.39. The second-order valence-electron chi connectivity index (χ2n) is 13.4. The molecule has 9 heteroatoms. The first-order chi connectivity index (χ1) is 19.1. The van der Waals surface area contributed by atoms with E-state index in [0.717, 1.165) is 25.7 Å². The number of ether oxygens (including phenoxy) is 4. The molecule has 0 aliphatic rings. The van der Waals surface area contributed by atoms with E-state index in [-0.39, 0.29) is 18.4 Å². The SMILES string of the molecule is C=C(C)C(=O)OC(C)(C)CCCCCC(=O)OC(C)(C)CCC(C)(S)OC(=O)CCCCCC(C)(C)OC(=O)C(=C)C. The second-order valence-corrected chi connectivity index (χ2v) is 14.3. The third kappa shape index (κ3) is 19.8. The quantitative estimate of drug-likeness (QED) is 0.0347. The van der Waals surface area contributed by atoms with Crippen molar-refractivity contribution < 1.29 is 38.1 Å². The predicted molar refractivity (Wildman–Crippen MR) is 169 cm³/mol. The summed E-state index contributed by atoms with van der Waals surface area (Å²) in [6.07, 6.45) is 7.43. The average Bonchev–Trinajstić information content (AvgIpc) is 2.81. The maximum Gasteiger partial charge on any atom is 0.333 e. The standard InChI is InChI=1S/C33H56O8S/c1-24(2)28(36)40-30(5,6)20-16-12-14-18-26(34)38-32(9,10)22-23-33(11,42)39-27(35)19-15-13-17-21-31(7,8)41-29(37)25(3)4/h42H,1,3,12-23H2,2,4-11H3. The Kier molecular flexibility index (Phi) is 16.8. The van der Waals surface area contributed by atoms with Crippen LogP contribution in [0.15, 0.2) is 24.3 Å². The number of carbonyl (C=O) groups excluding carboxylic acids is 4. The third-order valence-corrected chi connectivity index (χ3v) is 6.98. The zero-order valence-corrected chi connectivity index (χ0v) is 28.5. The third-order valence-electron chi connectivity index (χ3n) is 6.67. The Hall–Kier alpha value is -2.29. The highest BCUT2D eigenvalue weighted by molar-refractivity contribution is 7.81. The van der Waals surface area contributed by atoms with E-state index < -0.39 is 33.7 Å². The molecule has 0 bridgehead atoms. The fourth-order valence-electron chi connectivity index (χ4n) is 4.06. The Balaban J connectivity index is 4.30. The smallest absolute Gasteiger partial charge is 0.333 e. The fraction of sp³-hybridized carbons (Fsp3) is 0.758. The first kappa shape index (κ1) is 39.7. The summed E-state index contributed by atoms with van der Waals surface area (Å²) < 4.78 is 22.2. The molecule has 1 atom stereocenters. The van der Waals surface area contributed by atoms with E-state index in [1.54, 1.807) is 20.8 Å². The maximum absolute atomic E-state index is 12.4. The minimum atomic E-state index is -0.986. The highest BCUT2D eigenvalue weighted by atomic mass is 32.1. The van der Waals surface area contributed by atoms with Crippen LogP contribution < -0.4 is 0 Å². The summed E-state index contributed by atoms with van der Waals surface area (Å²) in [6.45, 7) is 23.3. The molecule has 0 aliphatic carbocycles. The molecule has 8 nitrogen and oxygen atoms in total. The van der Waals surface area contributed by atoms with Crippen molar-refractivity contribution in [2.24, 2.45) is 0 Å². The van der Waals surface area contributed by atoms with Gasteiger partial charge in [-0.25, -0.2) is 9.59 Å². The van der Waals surface area contributed by atoms with Gasteiger partial charge in [0.15, 0.2) is 4.93 Å². The first-order valence-electron chi connectivity index (χ1n) is 15.0. The number of thiol groups is 1. The van der Waals surface area contributed by atoms with Crippen molar-refractivity contribution in [2.45, 2.75) is 161 Å². The normalized spacial score (nSPS) is 13.5. The second kappa shape index (κ2) is 17.7. The van der Waals surface area contributed by atoms with Gasteiger partial charge >= 0.3 is 23.9 Å². The van der Waals surface area contributed by atoms with E-state index >= 15 is 0 Å². The van der Waals surface area contributed by atoms with Crippen molar-refractivity contribution in [1.29, 1.82) is 0 Å². The molecular weight excluding hydrogens is 556 g/mol. The molecule has 0 saturated carbocycles. The summed E-state index contributed by atoms with van der Waals surface area (Å²) in [5.41, 5.74) is -1.15. The number of carbonyl (C=O) groups is 4. The number of esters is 4. The number of rotatable bonds is 21. The van der Waals surface area contributed by atoms with Gasteiger partial charge in [0.2, 0.25) is 0 Å². The summed E-state index contributed by atoms with van der Waals surface area (Å²) in [4.78, 5) is 47.3. The molecule has 0 aliphatic heterocycles. The van der Waals surface area contributed by atoms with Crippen LogP contribution in [0.2, 0.25) is 0 Å². The molecule has 0 fully saturated rings. The molecule has 42 heavy (non-hydrogen) atoms. The molecule has 0 amide bonds. The van der Waals surface area contributed by atoms with Crippen LogP contribution in [0.1, 0.15) is 139 Å². The Labute approximate surface area is 259 Å². The maximum atomic E-state index is 12.4. The molecule has 1 unspecified atom stereocenters. The van der Waals surface area contributed by atoms with Gasteiger partial charge in [-0.3, -0.25) is 9.59 Å². The van der Waals surface area contributed by atoms with Crippen LogP contribution in [0.25, 0.3) is 0 Å². The molecular formula is C33H56O8S. The van der Waals surface area contributed by atoms with Gasteiger partial charge in [0, 0.05) is 30.4 Å². The molecule has 0 aromatic heterocycles.